The highest BCUT2D eigenvalue weighted by Gasteiger charge is 2.13. The predicted molar refractivity (Wildman–Crippen MR) is 65.5 cm³/mol. The van der Waals surface area contributed by atoms with Gasteiger partial charge in [-0.2, -0.15) is 0 Å². The average molecular weight is 197 g/mol. The Morgan fingerprint density at radius 3 is 2.14 bits per heavy atom. The molecule has 0 amide bonds. The molecule has 0 spiro atoms. The van der Waals surface area contributed by atoms with Crippen LogP contribution in [0.15, 0.2) is 12.7 Å². The zero-order valence-corrected chi connectivity index (χ0v) is 10.6. The van der Waals surface area contributed by atoms with Crippen LogP contribution in [0.1, 0.15) is 40.5 Å². The maximum Gasteiger partial charge on any atom is 0.00355 e. The van der Waals surface area contributed by atoms with Crippen LogP contribution in [-0.2, 0) is 0 Å². The number of rotatable bonds is 7. The second kappa shape index (κ2) is 7.05. The SMILES string of the molecule is C=CCC(CCN(C)C(C)C)C(C)C. The average Bonchev–Trinajstić information content (AvgIpc) is 2.10. The fourth-order valence-corrected chi connectivity index (χ4v) is 1.57. The molecule has 0 aromatic carbocycles. The van der Waals surface area contributed by atoms with Crippen LogP contribution in [0, 0.1) is 11.8 Å². The summed E-state index contributed by atoms with van der Waals surface area (Å²) in [6.45, 7) is 14.1. The summed E-state index contributed by atoms with van der Waals surface area (Å²) >= 11 is 0. The molecular weight excluding hydrogens is 170 g/mol. The Hall–Kier alpha value is -0.300. The molecule has 0 rings (SSSR count). The van der Waals surface area contributed by atoms with Crippen LogP contribution in [0.5, 0.6) is 0 Å². The second-order valence-electron chi connectivity index (χ2n) is 4.89. The van der Waals surface area contributed by atoms with Crippen molar-refractivity contribution < 1.29 is 0 Å². The van der Waals surface area contributed by atoms with Crippen LogP contribution in [0.2, 0.25) is 0 Å². The largest absolute Gasteiger partial charge is 0.304 e. The standard InChI is InChI=1S/C13H27N/c1-7-8-13(11(2)3)9-10-14(6)12(4)5/h7,11-13H,1,8-10H2,2-6H3. The molecule has 0 saturated heterocycles. The van der Waals surface area contributed by atoms with Crippen molar-refractivity contribution in [2.75, 3.05) is 13.6 Å². The van der Waals surface area contributed by atoms with Gasteiger partial charge in [-0.15, -0.1) is 6.58 Å². The maximum absolute atomic E-state index is 3.83. The lowest BCUT2D eigenvalue weighted by Gasteiger charge is -2.25. The van der Waals surface area contributed by atoms with Gasteiger partial charge < -0.3 is 4.90 Å². The summed E-state index contributed by atoms with van der Waals surface area (Å²) in [4.78, 5) is 2.42. The fraction of sp³-hybridized carbons (Fsp3) is 0.846. The van der Waals surface area contributed by atoms with E-state index in [1.54, 1.807) is 0 Å². The van der Waals surface area contributed by atoms with Crippen LogP contribution in [0.4, 0.5) is 0 Å². The first-order chi connectivity index (χ1) is 6.49. The maximum atomic E-state index is 3.83. The number of hydrogen-bond acceptors (Lipinski definition) is 1. The molecule has 0 aliphatic carbocycles. The molecule has 1 nitrogen and oxygen atoms in total. The van der Waals surface area contributed by atoms with E-state index in [0.717, 1.165) is 18.3 Å². The van der Waals surface area contributed by atoms with Gasteiger partial charge in [0.05, 0.1) is 0 Å². The van der Waals surface area contributed by atoms with Crippen molar-refractivity contribution in [1.29, 1.82) is 0 Å². The van der Waals surface area contributed by atoms with E-state index in [0.29, 0.717) is 6.04 Å². The third kappa shape index (κ3) is 5.43. The molecule has 0 aromatic heterocycles. The molecule has 1 heteroatoms. The van der Waals surface area contributed by atoms with Gasteiger partial charge in [0.15, 0.2) is 0 Å². The van der Waals surface area contributed by atoms with Gasteiger partial charge in [-0.3, -0.25) is 0 Å². The van der Waals surface area contributed by atoms with Gasteiger partial charge >= 0.3 is 0 Å². The molecule has 1 atom stereocenters. The lowest BCUT2D eigenvalue weighted by Crippen LogP contribution is -2.29. The van der Waals surface area contributed by atoms with Crippen molar-refractivity contribution in [3.05, 3.63) is 12.7 Å². The summed E-state index contributed by atoms with van der Waals surface area (Å²) in [6.07, 6.45) is 4.50. The zero-order chi connectivity index (χ0) is 11.1. The van der Waals surface area contributed by atoms with Gasteiger partial charge in [-0.1, -0.05) is 19.9 Å². The topological polar surface area (TPSA) is 3.24 Å². The third-order valence-corrected chi connectivity index (χ3v) is 3.15. The van der Waals surface area contributed by atoms with Gasteiger partial charge in [-0.25, -0.2) is 0 Å². The minimum atomic E-state index is 0.659. The molecule has 0 aliphatic heterocycles. The van der Waals surface area contributed by atoms with Gasteiger partial charge in [-0.05, 0) is 52.1 Å². The van der Waals surface area contributed by atoms with Crippen LogP contribution in [0.3, 0.4) is 0 Å². The van der Waals surface area contributed by atoms with Crippen LogP contribution >= 0.6 is 0 Å². The Kier molecular flexibility index (Phi) is 6.90. The first-order valence-corrected chi connectivity index (χ1v) is 5.80. The van der Waals surface area contributed by atoms with E-state index in [4.69, 9.17) is 0 Å². The molecule has 0 radical (unpaired) electrons. The number of hydrogen-bond donors (Lipinski definition) is 0. The molecule has 0 fully saturated rings. The van der Waals surface area contributed by atoms with Gasteiger partial charge in [0.1, 0.15) is 0 Å². The molecule has 0 aliphatic rings. The van der Waals surface area contributed by atoms with E-state index in [1.807, 2.05) is 0 Å². The first-order valence-electron chi connectivity index (χ1n) is 5.80. The molecule has 1 unspecified atom stereocenters. The van der Waals surface area contributed by atoms with Crippen molar-refractivity contribution in [2.24, 2.45) is 11.8 Å². The molecule has 14 heavy (non-hydrogen) atoms. The lowest BCUT2D eigenvalue weighted by atomic mass is 9.89. The summed E-state index contributed by atoms with van der Waals surface area (Å²) < 4.78 is 0. The molecule has 0 heterocycles. The normalized spacial score (nSPS) is 14.0. The van der Waals surface area contributed by atoms with Crippen molar-refractivity contribution in [1.82, 2.24) is 4.90 Å². The summed E-state index contributed by atoms with van der Waals surface area (Å²) in [5, 5.41) is 0. The number of nitrogens with zero attached hydrogens (tertiary/aromatic N) is 1. The lowest BCUT2D eigenvalue weighted by molar-refractivity contribution is 0.233. The van der Waals surface area contributed by atoms with Gasteiger partial charge in [0.25, 0.3) is 0 Å². The van der Waals surface area contributed by atoms with E-state index >= 15 is 0 Å². The first kappa shape index (κ1) is 13.7. The minimum Gasteiger partial charge on any atom is -0.304 e. The highest BCUT2D eigenvalue weighted by atomic mass is 15.1. The van der Waals surface area contributed by atoms with Crippen LogP contribution in [0.25, 0.3) is 0 Å². The van der Waals surface area contributed by atoms with Crippen molar-refractivity contribution in [3.8, 4) is 0 Å². The Bertz CT molecular complexity index is 149. The van der Waals surface area contributed by atoms with Gasteiger partial charge in [0, 0.05) is 6.04 Å². The third-order valence-electron chi connectivity index (χ3n) is 3.15. The zero-order valence-electron chi connectivity index (χ0n) is 10.6. The van der Waals surface area contributed by atoms with Crippen molar-refractivity contribution >= 4 is 0 Å². The second-order valence-corrected chi connectivity index (χ2v) is 4.89. The van der Waals surface area contributed by atoms with E-state index in [1.165, 1.54) is 13.0 Å². The molecule has 0 bridgehead atoms. The smallest absolute Gasteiger partial charge is 0.00355 e. The Morgan fingerprint density at radius 2 is 1.79 bits per heavy atom. The molecule has 0 N–H and O–H groups in total. The van der Waals surface area contributed by atoms with Gasteiger partial charge in [0.2, 0.25) is 0 Å². The summed E-state index contributed by atoms with van der Waals surface area (Å²) in [7, 11) is 2.20. The number of allylic oxidation sites excluding steroid dienone is 1. The fourth-order valence-electron chi connectivity index (χ4n) is 1.57. The summed E-state index contributed by atoms with van der Waals surface area (Å²) in [5.41, 5.74) is 0. The predicted octanol–water partition coefficient (Wildman–Crippen LogP) is 3.57. The van der Waals surface area contributed by atoms with E-state index in [-0.39, 0.29) is 0 Å². The highest BCUT2D eigenvalue weighted by Crippen LogP contribution is 2.20. The highest BCUT2D eigenvalue weighted by molar-refractivity contribution is 4.76. The molecule has 0 saturated carbocycles. The van der Waals surface area contributed by atoms with Crippen molar-refractivity contribution in [2.45, 2.75) is 46.6 Å². The minimum absolute atomic E-state index is 0.659. The van der Waals surface area contributed by atoms with Crippen LogP contribution in [-0.4, -0.2) is 24.5 Å². The Labute approximate surface area is 90.2 Å². The van der Waals surface area contributed by atoms with E-state index < -0.39 is 0 Å². The van der Waals surface area contributed by atoms with Crippen LogP contribution < -0.4 is 0 Å². The van der Waals surface area contributed by atoms with E-state index in [2.05, 4.69) is 52.3 Å². The summed E-state index contributed by atoms with van der Waals surface area (Å²) in [5.74, 6) is 1.57. The molecular formula is C13H27N. The monoisotopic (exact) mass is 197 g/mol. The molecule has 84 valence electrons. The quantitative estimate of drug-likeness (QED) is 0.564. The summed E-state index contributed by atoms with van der Waals surface area (Å²) in [6, 6.07) is 0.659. The molecule has 0 aromatic rings. The van der Waals surface area contributed by atoms with E-state index in [9.17, 15) is 0 Å². The van der Waals surface area contributed by atoms with Crippen molar-refractivity contribution in [3.63, 3.8) is 0 Å². The Balaban J connectivity index is 3.87. The Morgan fingerprint density at radius 1 is 1.21 bits per heavy atom.